The zero-order valence-electron chi connectivity index (χ0n) is 3.97. The van der Waals surface area contributed by atoms with Gasteiger partial charge >= 0.3 is 0 Å². The van der Waals surface area contributed by atoms with Crippen LogP contribution in [0.5, 0.6) is 0 Å². The lowest BCUT2D eigenvalue weighted by Crippen LogP contribution is -2.04. The van der Waals surface area contributed by atoms with E-state index < -0.39 is 0 Å². The summed E-state index contributed by atoms with van der Waals surface area (Å²) in [4.78, 5) is 0. The molecule has 0 aromatic heterocycles. The predicted octanol–water partition coefficient (Wildman–Crippen LogP) is 0.906. The maximum atomic E-state index is 8.33. The second-order valence-electron chi connectivity index (χ2n) is 1.31. The van der Waals surface area contributed by atoms with Crippen LogP contribution >= 0.6 is 24.2 Å². The minimum atomic E-state index is 0.0671. The Hall–Kier alpha value is 0.600. The van der Waals surface area contributed by atoms with Crippen molar-refractivity contribution in [1.29, 1.82) is 0 Å². The van der Waals surface area contributed by atoms with E-state index in [1.165, 1.54) is 0 Å². The molecule has 0 rings (SSSR count). The molecule has 0 aliphatic heterocycles. The summed E-state index contributed by atoms with van der Waals surface area (Å²) in [5, 5.41) is 8.40. The van der Waals surface area contributed by atoms with Crippen LogP contribution in [0.3, 0.4) is 0 Å². The molecule has 1 N–H and O–H groups in total. The Morgan fingerprint density at radius 2 is 2.29 bits per heavy atom. The zero-order chi connectivity index (χ0) is 5.70. The third kappa shape index (κ3) is 4.45. The van der Waals surface area contributed by atoms with Crippen molar-refractivity contribution in [2.24, 2.45) is 0 Å². The Balaban J connectivity index is 2.83. The highest BCUT2D eigenvalue weighted by Gasteiger charge is 1.96. The monoisotopic (exact) mass is 140 g/mol. The summed E-state index contributed by atoms with van der Waals surface area (Å²) in [6, 6.07) is 0. The average molecular weight is 141 g/mol. The van der Waals surface area contributed by atoms with Crippen LogP contribution in [0, 0.1) is 0 Å². The predicted molar refractivity (Wildman–Crippen MR) is 35.2 cm³/mol. The molecule has 0 saturated heterocycles. The summed E-state index contributed by atoms with van der Waals surface area (Å²) in [6.45, 7) is 0.121. The number of rotatable bonds is 3. The molecule has 1 atom stereocenters. The van der Waals surface area contributed by atoms with Gasteiger partial charge in [0.1, 0.15) is 0 Å². The Morgan fingerprint density at radius 1 is 1.71 bits per heavy atom. The quantitative estimate of drug-likeness (QED) is 0.441. The molecule has 0 amide bonds. The molecule has 1 nitrogen and oxygen atoms in total. The highest BCUT2D eigenvalue weighted by atomic mass is 35.5. The van der Waals surface area contributed by atoms with E-state index in [1.54, 1.807) is 0 Å². The Labute approximate surface area is 54.1 Å². The molecule has 0 aromatic rings. The molecule has 0 aromatic carbocycles. The van der Waals surface area contributed by atoms with Gasteiger partial charge in [-0.15, -0.1) is 11.6 Å². The zero-order valence-corrected chi connectivity index (χ0v) is 5.62. The topological polar surface area (TPSA) is 20.2 Å². The van der Waals surface area contributed by atoms with Crippen LogP contribution in [-0.2, 0) is 0 Å². The van der Waals surface area contributed by atoms with Crippen LogP contribution in [0.1, 0.15) is 6.42 Å². The Morgan fingerprint density at radius 3 is 2.43 bits per heavy atom. The van der Waals surface area contributed by atoms with Gasteiger partial charge in [0.2, 0.25) is 0 Å². The largest absolute Gasteiger partial charge is 0.395 e. The molecule has 0 spiro atoms. The fourth-order valence-electron chi connectivity index (χ4n) is 0.217. The van der Waals surface area contributed by atoms with Crippen LogP contribution in [0.15, 0.2) is 0 Å². The first-order valence-corrected chi connectivity index (χ1v) is 3.21. The summed E-state index contributed by atoms with van der Waals surface area (Å²) >= 11 is 9.29. The van der Waals surface area contributed by atoms with Gasteiger partial charge in [0, 0.05) is 11.1 Å². The van der Waals surface area contributed by atoms with Crippen molar-refractivity contribution in [2.75, 3.05) is 12.5 Å². The van der Waals surface area contributed by atoms with Gasteiger partial charge in [-0.3, -0.25) is 0 Å². The number of thiol groups is 1. The van der Waals surface area contributed by atoms with Gasteiger partial charge in [0.15, 0.2) is 0 Å². The lowest BCUT2D eigenvalue weighted by molar-refractivity contribution is 0.293. The fraction of sp³-hybridized carbons (Fsp3) is 1.00. The maximum absolute atomic E-state index is 8.33. The van der Waals surface area contributed by atoms with E-state index in [2.05, 4.69) is 12.6 Å². The van der Waals surface area contributed by atoms with E-state index >= 15 is 0 Å². The van der Waals surface area contributed by atoms with Crippen molar-refractivity contribution in [3.63, 3.8) is 0 Å². The van der Waals surface area contributed by atoms with Gasteiger partial charge in [-0.1, -0.05) is 0 Å². The van der Waals surface area contributed by atoms with E-state index in [0.29, 0.717) is 5.88 Å². The Kier molecular flexibility index (Phi) is 5.16. The van der Waals surface area contributed by atoms with Gasteiger partial charge in [-0.05, 0) is 6.42 Å². The maximum Gasteiger partial charge on any atom is 0.0547 e. The molecule has 0 heterocycles. The summed E-state index contributed by atoms with van der Waals surface area (Å²) in [5.74, 6) is 0.578. The number of hydrogen-bond donors (Lipinski definition) is 2. The van der Waals surface area contributed by atoms with Crippen LogP contribution in [-0.4, -0.2) is 22.8 Å². The molecular formula is C4H9ClOS. The van der Waals surface area contributed by atoms with E-state index in [1.807, 2.05) is 0 Å². The molecule has 0 radical (unpaired) electrons. The van der Waals surface area contributed by atoms with Gasteiger partial charge < -0.3 is 5.11 Å². The molecule has 0 fully saturated rings. The smallest absolute Gasteiger partial charge is 0.0547 e. The third-order valence-electron chi connectivity index (χ3n) is 0.653. The molecule has 0 aliphatic carbocycles. The molecule has 0 saturated carbocycles. The second kappa shape index (κ2) is 4.75. The first-order chi connectivity index (χ1) is 3.31. The van der Waals surface area contributed by atoms with Crippen LogP contribution in [0.2, 0.25) is 0 Å². The van der Waals surface area contributed by atoms with Crippen LogP contribution < -0.4 is 0 Å². The van der Waals surface area contributed by atoms with Crippen LogP contribution in [0.4, 0.5) is 0 Å². The van der Waals surface area contributed by atoms with Crippen molar-refractivity contribution < 1.29 is 5.11 Å². The van der Waals surface area contributed by atoms with Crippen LogP contribution in [0.25, 0.3) is 0 Å². The van der Waals surface area contributed by atoms with Gasteiger partial charge in [-0.25, -0.2) is 0 Å². The lowest BCUT2D eigenvalue weighted by atomic mass is 10.3. The molecule has 0 bridgehead atoms. The summed E-state index contributed by atoms with van der Waals surface area (Å²) in [7, 11) is 0. The lowest BCUT2D eigenvalue weighted by Gasteiger charge is -1.99. The van der Waals surface area contributed by atoms with Gasteiger partial charge in [0.05, 0.1) is 6.61 Å². The van der Waals surface area contributed by atoms with E-state index in [-0.39, 0.29) is 11.9 Å². The summed E-state index contributed by atoms with van der Waals surface area (Å²) < 4.78 is 0. The number of alkyl halides is 1. The first-order valence-electron chi connectivity index (χ1n) is 2.16. The van der Waals surface area contributed by atoms with Gasteiger partial charge in [0.25, 0.3) is 0 Å². The van der Waals surface area contributed by atoms with Crippen molar-refractivity contribution >= 4 is 24.2 Å². The number of aliphatic hydroxyl groups excluding tert-OH is 1. The minimum Gasteiger partial charge on any atom is -0.395 e. The van der Waals surface area contributed by atoms with E-state index in [4.69, 9.17) is 16.7 Å². The third-order valence-corrected chi connectivity index (χ3v) is 1.29. The number of aliphatic hydroxyl groups is 1. The first kappa shape index (κ1) is 7.60. The van der Waals surface area contributed by atoms with E-state index in [0.717, 1.165) is 6.42 Å². The Bertz CT molecular complexity index is 42.7. The van der Waals surface area contributed by atoms with Crippen molar-refractivity contribution in [2.45, 2.75) is 11.7 Å². The van der Waals surface area contributed by atoms with Gasteiger partial charge in [-0.2, -0.15) is 12.6 Å². The normalized spacial score (nSPS) is 14.1. The molecule has 3 heteroatoms. The molecule has 7 heavy (non-hydrogen) atoms. The molecule has 1 unspecified atom stereocenters. The highest BCUT2D eigenvalue weighted by molar-refractivity contribution is 7.81. The summed E-state index contributed by atoms with van der Waals surface area (Å²) in [6.07, 6.45) is 0.779. The fourth-order valence-corrected chi connectivity index (χ4v) is 0.762. The van der Waals surface area contributed by atoms with E-state index in [9.17, 15) is 0 Å². The molecule has 44 valence electrons. The molecule has 0 aliphatic rings. The molecular weight excluding hydrogens is 132 g/mol. The number of hydrogen-bond acceptors (Lipinski definition) is 2. The highest BCUT2D eigenvalue weighted by Crippen LogP contribution is 1.99. The SMILES string of the molecule is OCC(S)CCCl. The van der Waals surface area contributed by atoms with Crippen molar-refractivity contribution in [3.05, 3.63) is 0 Å². The minimum absolute atomic E-state index is 0.0671. The van der Waals surface area contributed by atoms with Crippen molar-refractivity contribution in [1.82, 2.24) is 0 Å². The number of halogens is 1. The second-order valence-corrected chi connectivity index (χ2v) is 2.42. The average Bonchev–Trinajstić information content (AvgIpc) is 1.68. The van der Waals surface area contributed by atoms with Crippen molar-refractivity contribution in [3.8, 4) is 0 Å². The standard InChI is InChI=1S/C4H9ClOS/c5-2-1-4(7)3-6/h4,6-7H,1-3H2. The summed E-state index contributed by atoms with van der Waals surface area (Å²) in [5.41, 5.74) is 0.